The molecule has 7 heteroatoms. The van der Waals surface area contributed by atoms with E-state index in [1.165, 1.54) is 0 Å². The lowest BCUT2D eigenvalue weighted by molar-refractivity contribution is 0.0674. The highest BCUT2D eigenvalue weighted by Crippen LogP contribution is 2.21. The first kappa shape index (κ1) is 18.8. The summed E-state index contributed by atoms with van der Waals surface area (Å²) in [5.41, 5.74) is 7.25. The van der Waals surface area contributed by atoms with Crippen molar-refractivity contribution in [3.63, 3.8) is 0 Å². The summed E-state index contributed by atoms with van der Waals surface area (Å²) < 4.78 is 1.67. The van der Waals surface area contributed by atoms with E-state index >= 15 is 0 Å². The summed E-state index contributed by atoms with van der Waals surface area (Å²) in [6.07, 6.45) is 3.70. The summed E-state index contributed by atoms with van der Waals surface area (Å²) in [5.74, 6) is 0.483. The molecular weight excluding hydrogens is 347 g/mol. The lowest BCUT2D eigenvalue weighted by atomic mass is 9.91. The molecule has 2 N–H and O–H groups in total. The van der Waals surface area contributed by atoms with E-state index in [2.05, 4.69) is 5.10 Å². The number of piperidine rings is 1. The topological polar surface area (TPSA) is 64.2 Å². The minimum Gasteiger partial charge on any atom is -0.337 e. The number of benzene rings is 1. The Morgan fingerprint density at radius 1 is 1.33 bits per heavy atom. The Morgan fingerprint density at radius 3 is 2.67 bits per heavy atom. The molecule has 0 bridgehead atoms. The average Bonchev–Trinajstić information content (AvgIpc) is 3.04. The van der Waals surface area contributed by atoms with Crippen molar-refractivity contribution in [2.24, 2.45) is 11.7 Å². The minimum absolute atomic E-state index is 0. The molecule has 2 aromatic rings. The van der Waals surface area contributed by atoms with Gasteiger partial charge in [-0.15, -0.1) is 12.4 Å². The average molecular weight is 369 g/mol. The van der Waals surface area contributed by atoms with Gasteiger partial charge < -0.3 is 10.6 Å². The summed E-state index contributed by atoms with van der Waals surface area (Å²) in [4.78, 5) is 14.4. The second-order valence-electron chi connectivity index (χ2n) is 6.11. The fraction of sp³-hybridized carbons (Fsp3) is 0.412. The van der Waals surface area contributed by atoms with E-state index in [1.54, 1.807) is 16.9 Å². The number of amides is 1. The van der Waals surface area contributed by atoms with Gasteiger partial charge >= 0.3 is 0 Å². The Bertz CT molecular complexity index is 693. The second kappa shape index (κ2) is 8.01. The lowest BCUT2D eigenvalue weighted by Gasteiger charge is -2.33. The van der Waals surface area contributed by atoms with Gasteiger partial charge in [0.15, 0.2) is 5.69 Å². The van der Waals surface area contributed by atoms with E-state index in [4.69, 9.17) is 17.3 Å². The van der Waals surface area contributed by atoms with Gasteiger partial charge in [0, 0.05) is 30.4 Å². The van der Waals surface area contributed by atoms with Crippen molar-refractivity contribution in [1.82, 2.24) is 14.7 Å². The molecule has 0 spiro atoms. The van der Waals surface area contributed by atoms with Gasteiger partial charge in [0.05, 0.1) is 5.69 Å². The third-order valence-corrected chi connectivity index (χ3v) is 4.69. The van der Waals surface area contributed by atoms with Gasteiger partial charge in [-0.1, -0.05) is 17.7 Å². The number of nitrogens with two attached hydrogens (primary N) is 1. The van der Waals surface area contributed by atoms with Crippen molar-refractivity contribution < 1.29 is 4.79 Å². The highest BCUT2D eigenvalue weighted by Gasteiger charge is 2.26. The summed E-state index contributed by atoms with van der Waals surface area (Å²) in [6, 6.07) is 9.33. The van der Waals surface area contributed by atoms with E-state index in [0.717, 1.165) is 31.6 Å². The first-order valence-electron chi connectivity index (χ1n) is 7.91. The number of carbonyl (C=O) groups is 1. The Kier molecular flexibility index (Phi) is 6.27. The molecule has 5 nitrogen and oxygen atoms in total. The van der Waals surface area contributed by atoms with Gasteiger partial charge in [0.25, 0.3) is 5.91 Å². The number of carbonyl (C=O) groups excluding carboxylic acids is 1. The Labute approximate surface area is 153 Å². The van der Waals surface area contributed by atoms with Gasteiger partial charge in [-0.2, -0.15) is 5.10 Å². The van der Waals surface area contributed by atoms with E-state index in [1.807, 2.05) is 36.1 Å². The molecule has 0 aliphatic carbocycles. The third-order valence-electron chi connectivity index (χ3n) is 4.45. The van der Waals surface area contributed by atoms with E-state index in [9.17, 15) is 4.79 Å². The van der Waals surface area contributed by atoms with E-state index in [0.29, 0.717) is 16.6 Å². The summed E-state index contributed by atoms with van der Waals surface area (Å²) in [7, 11) is 0. The maximum absolute atomic E-state index is 12.6. The number of rotatable bonds is 3. The second-order valence-corrected chi connectivity index (χ2v) is 6.55. The molecule has 1 fully saturated rings. The predicted octanol–water partition coefficient (Wildman–Crippen LogP) is 3.15. The number of hydrogen-bond donors (Lipinski definition) is 1. The molecule has 0 radical (unpaired) electrons. The van der Waals surface area contributed by atoms with Crippen LogP contribution in [0, 0.1) is 5.92 Å². The Balaban J connectivity index is 0.00000208. The highest BCUT2D eigenvalue weighted by atomic mass is 35.5. The normalized spacial score (nSPS) is 16.5. The van der Waals surface area contributed by atoms with Crippen LogP contribution in [0.2, 0.25) is 5.02 Å². The molecule has 1 aliphatic rings. The molecule has 1 aliphatic heterocycles. The van der Waals surface area contributed by atoms with Crippen LogP contribution < -0.4 is 5.73 Å². The van der Waals surface area contributed by atoms with Gasteiger partial charge in [-0.3, -0.25) is 4.79 Å². The van der Waals surface area contributed by atoms with Gasteiger partial charge in [-0.25, -0.2) is 4.68 Å². The summed E-state index contributed by atoms with van der Waals surface area (Å²) in [5, 5.41) is 5.04. The quantitative estimate of drug-likeness (QED) is 0.904. The predicted molar refractivity (Wildman–Crippen MR) is 98.1 cm³/mol. The smallest absolute Gasteiger partial charge is 0.274 e. The minimum atomic E-state index is -0.0195. The van der Waals surface area contributed by atoms with Crippen LogP contribution in [0.4, 0.5) is 0 Å². The van der Waals surface area contributed by atoms with Crippen LogP contribution in [-0.2, 0) is 0 Å². The molecule has 1 aromatic carbocycles. The number of likely N-dealkylation sites (tertiary alicyclic amines) is 1. The SMILES string of the molecule is CC(N)C1CCN(C(=O)c2ccn(-c3cccc(Cl)c3)n2)CC1.Cl. The van der Waals surface area contributed by atoms with Crippen LogP contribution in [0.25, 0.3) is 5.69 Å². The number of hydrogen-bond acceptors (Lipinski definition) is 3. The Hall–Kier alpha value is -1.56. The molecule has 1 amide bonds. The largest absolute Gasteiger partial charge is 0.337 e. The van der Waals surface area contributed by atoms with Crippen LogP contribution in [0.5, 0.6) is 0 Å². The lowest BCUT2D eigenvalue weighted by Crippen LogP contribution is -2.42. The molecule has 0 saturated carbocycles. The molecule has 24 heavy (non-hydrogen) atoms. The standard InChI is InChI=1S/C17H21ClN4O.ClH/c1-12(19)13-5-8-21(9-6-13)17(23)16-7-10-22(20-16)15-4-2-3-14(18)11-15;/h2-4,7,10-13H,5-6,8-9,19H2,1H3;1H. The van der Waals surface area contributed by atoms with Crippen LogP contribution >= 0.6 is 24.0 Å². The fourth-order valence-electron chi connectivity index (χ4n) is 2.99. The Morgan fingerprint density at radius 2 is 2.04 bits per heavy atom. The van der Waals surface area contributed by atoms with Crippen LogP contribution in [0.15, 0.2) is 36.5 Å². The zero-order valence-corrected chi connectivity index (χ0v) is 15.1. The zero-order chi connectivity index (χ0) is 16.4. The van der Waals surface area contributed by atoms with Crippen molar-refractivity contribution >= 4 is 29.9 Å². The number of aromatic nitrogens is 2. The molecule has 1 unspecified atom stereocenters. The molecule has 1 aromatic heterocycles. The van der Waals surface area contributed by atoms with Crippen molar-refractivity contribution in [2.75, 3.05) is 13.1 Å². The van der Waals surface area contributed by atoms with Gasteiger partial charge in [0.1, 0.15) is 0 Å². The van der Waals surface area contributed by atoms with Gasteiger partial charge in [-0.05, 0) is 49.9 Å². The van der Waals surface area contributed by atoms with Crippen molar-refractivity contribution in [2.45, 2.75) is 25.8 Å². The summed E-state index contributed by atoms with van der Waals surface area (Å²) >= 11 is 6.00. The molecule has 1 saturated heterocycles. The van der Waals surface area contributed by atoms with Crippen LogP contribution in [-0.4, -0.2) is 39.7 Å². The van der Waals surface area contributed by atoms with Crippen LogP contribution in [0.3, 0.4) is 0 Å². The molecule has 130 valence electrons. The van der Waals surface area contributed by atoms with E-state index < -0.39 is 0 Å². The maximum Gasteiger partial charge on any atom is 0.274 e. The zero-order valence-electron chi connectivity index (χ0n) is 13.6. The first-order valence-corrected chi connectivity index (χ1v) is 8.29. The third kappa shape index (κ3) is 4.09. The van der Waals surface area contributed by atoms with Crippen molar-refractivity contribution in [1.29, 1.82) is 0 Å². The van der Waals surface area contributed by atoms with Gasteiger partial charge in [0.2, 0.25) is 0 Å². The van der Waals surface area contributed by atoms with Crippen LogP contribution in [0.1, 0.15) is 30.3 Å². The van der Waals surface area contributed by atoms with E-state index in [-0.39, 0.29) is 24.4 Å². The highest BCUT2D eigenvalue weighted by molar-refractivity contribution is 6.30. The monoisotopic (exact) mass is 368 g/mol. The fourth-order valence-corrected chi connectivity index (χ4v) is 3.18. The molecular formula is C17H22Cl2N4O. The molecule has 3 rings (SSSR count). The first-order chi connectivity index (χ1) is 11.0. The summed E-state index contributed by atoms with van der Waals surface area (Å²) in [6.45, 7) is 3.53. The number of nitrogens with zero attached hydrogens (tertiary/aromatic N) is 3. The maximum atomic E-state index is 12.6. The number of halogens is 2. The molecule has 1 atom stereocenters. The van der Waals surface area contributed by atoms with Crippen molar-refractivity contribution in [3.8, 4) is 5.69 Å². The van der Waals surface area contributed by atoms with Crippen molar-refractivity contribution in [3.05, 3.63) is 47.2 Å². The molecule has 2 heterocycles.